The number of hydrogen-bond donors (Lipinski definition) is 1. The molecule has 0 amide bonds. The summed E-state index contributed by atoms with van der Waals surface area (Å²) in [6, 6.07) is 4.39. The maximum Gasteiger partial charge on any atom is 0.316 e. The Kier molecular flexibility index (Phi) is 3.04. The second-order valence-corrected chi connectivity index (χ2v) is 5.06. The molecule has 6 nitrogen and oxygen atoms in total. The summed E-state index contributed by atoms with van der Waals surface area (Å²) < 4.78 is 7.39. The maximum atomic E-state index is 5.59. The minimum absolute atomic E-state index is 0.420. The van der Waals surface area contributed by atoms with Crippen LogP contribution in [0.25, 0.3) is 10.8 Å². The van der Waals surface area contributed by atoms with E-state index in [0.717, 1.165) is 16.1 Å². The van der Waals surface area contributed by atoms with Crippen LogP contribution in [0.5, 0.6) is 0 Å². The van der Waals surface area contributed by atoms with Crippen molar-refractivity contribution in [1.82, 2.24) is 20.0 Å². The van der Waals surface area contributed by atoms with Crippen molar-refractivity contribution in [3.63, 3.8) is 0 Å². The highest BCUT2D eigenvalue weighted by Crippen LogP contribution is 2.28. The van der Waals surface area contributed by atoms with Gasteiger partial charge in [-0.1, -0.05) is 5.10 Å². The molecule has 0 aromatic carbocycles. The highest BCUT2D eigenvalue weighted by atomic mass is 32.1. The number of rotatable bonds is 4. The van der Waals surface area contributed by atoms with E-state index in [4.69, 9.17) is 4.42 Å². The van der Waals surface area contributed by atoms with Crippen molar-refractivity contribution in [2.75, 3.05) is 5.32 Å². The molecule has 3 aromatic rings. The van der Waals surface area contributed by atoms with E-state index >= 15 is 0 Å². The molecule has 3 heterocycles. The Morgan fingerprint density at radius 2 is 2.26 bits per heavy atom. The van der Waals surface area contributed by atoms with Crippen molar-refractivity contribution < 1.29 is 4.42 Å². The Balaban J connectivity index is 1.72. The average molecular weight is 275 g/mol. The third-order valence-corrected chi connectivity index (χ3v) is 3.83. The lowest BCUT2D eigenvalue weighted by molar-refractivity contribution is 0.579. The average Bonchev–Trinajstić information content (AvgIpc) is 3.08. The summed E-state index contributed by atoms with van der Waals surface area (Å²) in [6.07, 6.45) is 1.76. The Bertz CT molecular complexity index is 684. The molecule has 1 N–H and O–H groups in total. The fraction of sp³-hybridized carbons (Fsp3) is 0.250. The first kappa shape index (κ1) is 11.9. The van der Waals surface area contributed by atoms with Gasteiger partial charge in [0.25, 0.3) is 5.89 Å². The third-order valence-electron chi connectivity index (χ3n) is 2.82. The van der Waals surface area contributed by atoms with Crippen LogP contribution in [-0.4, -0.2) is 20.0 Å². The summed E-state index contributed by atoms with van der Waals surface area (Å²) >= 11 is 1.60. The van der Waals surface area contributed by atoms with Gasteiger partial charge in [0, 0.05) is 13.2 Å². The Morgan fingerprint density at radius 1 is 1.37 bits per heavy atom. The molecule has 0 bridgehead atoms. The highest BCUT2D eigenvalue weighted by molar-refractivity contribution is 7.13. The number of anilines is 1. The molecule has 0 atom stereocenters. The molecule has 0 aliphatic heterocycles. The van der Waals surface area contributed by atoms with E-state index in [9.17, 15) is 0 Å². The van der Waals surface area contributed by atoms with E-state index in [1.54, 1.807) is 22.2 Å². The number of hydrogen-bond acceptors (Lipinski definition) is 6. The topological polar surface area (TPSA) is 68.8 Å². The van der Waals surface area contributed by atoms with Gasteiger partial charge in [-0.05, 0) is 30.0 Å². The minimum Gasteiger partial charge on any atom is -0.402 e. The van der Waals surface area contributed by atoms with Crippen LogP contribution >= 0.6 is 11.3 Å². The number of thiophene rings is 1. The van der Waals surface area contributed by atoms with Crippen molar-refractivity contribution in [3.05, 3.63) is 35.0 Å². The van der Waals surface area contributed by atoms with Gasteiger partial charge < -0.3 is 9.73 Å². The van der Waals surface area contributed by atoms with Gasteiger partial charge in [0.1, 0.15) is 0 Å². The highest BCUT2D eigenvalue weighted by Gasteiger charge is 2.12. The number of nitrogens with one attached hydrogen (secondary N) is 1. The summed E-state index contributed by atoms with van der Waals surface area (Å²) in [5, 5.41) is 17.2. The zero-order valence-corrected chi connectivity index (χ0v) is 11.4. The fourth-order valence-electron chi connectivity index (χ4n) is 1.72. The minimum atomic E-state index is 0.420. The number of aromatic nitrogens is 4. The van der Waals surface area contributed by atoms with Gasteiger partial charge in [-0.2, -0.15) is 5.10 Å². The van der Waals surface area contributed by atoms with Crippen LogP contribution in [0.2, 0.25) is 0 Å². The molecule has 0 spiro atoms. The van der Waals surface area contributed by atoms with Gasteiger partial charge in [-0.15, -0.1) is 16.4 Å². The fourth-order valence-corrected chi connectivity index (χ4v) is 2.56. The van der Waals surface area contributed by atoms with E-state index in [0.29, 0.717) is 18.5 Å². The Hall–Kier alpha value is -2.15. The lowest BCUT2D eigenvalue weighted by Gasteiger charge is -2.01. The molecule has 98 valence electrons. The van der Waals surface area contributed by atoms with E-state index in [1.165, 1.54) is 0 Å². The summed E-state index contributed by atoms with van der Waals surface area (Å²) in [6.45, 7) is 2.63. The second-order valence-electron chi connectivity index (χ2n) is 4.14. The standard InChI is InChI=1S/C12H13N5OS/c1-8-4-6-19-10(8)11-15-16-12(18-11)13-7-9-3-5-14-17(9)2/h3-6H,7H2,1-2H3,(H,13,16). The SMILES string of the molecule is Cc1ccsc1-c1nnc(NCc2ccnn2C)o1. The molecule has 3 rings (SSSR count). The van der Waals surface area contributed by atoms with Gasteiger partial charge in [0.2, 0.25) is 0 Å². The molecular weight excluding hydrogens is 262 g/mol. The molecule has 0 aliphatic carbocycles. The number of aryl methyl sites for hydroxylation is 2. The predicted octanol–water partition coefficient (Wildman–Crippen LogP) is 2.45. The smallest absolute Gasteiger partial charge is 0.316 e. The molecule has 3 aromatic heterocycles. The third kappa shape index (κ3) is 2.37. The van der Waals surface area contributed by atoms with E-state index < -0.39 is 0 Å². The Labute approximate surface area is 114 Å². The molecule has 7 heteroatoms. The van der Waals surface area contributed by atoms with Crippen LogP contribution in [0.15, 0.2) is 28.1 Å². The van der Waals surface area contributed by atoms with Crippen LogP contribution < -0.4 is 5.32 Å². The van der Waals surface area contributed by atoms with E-state index in [-0.39, 0.29) is 0 Å². The van der Waals surface area contributed by atoms with Gasteiger partial charge in [-0.3, -0.25) is 4.68 Å². The second kappa shape index (κ2) is 4.85. The van der Waals surface area contributed by atoms with E-state index in [2.05, 4.69) is 20.6 Å². The largest absolute Gasteiger partial charge is 0.402 e. The lowest BCUT2D eigenvalue weighted by atomic mass is 10.3. The van der Waals surface area contributed by atoms with Crippen LogP contribution in [0.3, 0.4) is 0 Å². The van der Waals surface area contributed by atoms with Gasteiger partial charge in [-0.25, -0.2) is 0 Å². The lowest BCUT2D eigenvalue weighted by Crippen LogP contribution is -2.05. The molecule has 0 saturated carbocycles. The first-order valence-corrected chi connectivity index (χ1v) is 6.71. The summed E-state index contributed by atoms with van der Waals surface area (Å²) in [7, 11) is 1.89. The molecule has 0 fully saturated rings. The zero-order valence-electron chi connectivity index (χ0n) is 10.6. The van der Waals surface area contributed by atoms with Gasteiger partial charge >= 0.3 is 6.01 Å². The molecule has 0 unspecified atom stereocenters. The first-order chi connectivity index (χ1) is 9.24. The van der Waals surface area contributed by atoms with Crippen LogP contribution in [0, 0.1) is 6.92 Å². The van der Waals surface area contributed by atoms with Gasteiger partial charge in [0.15, 0.2) is 0 Å². The monoisotopic (exact) mass is 275 g/mol. The molecule has 0 aliphatic rings. The van der Waals surface area contributed by atoms with Crippen molar-refractivity contribution >= 4 is 17.4 Å². The molecule has 0 saturated heterocycles. The molecular formula is C12H13N5OS. The molecule has 0 radical (unpaired) electrons. The van der Waals surface area contributed by atoms with Crippen molar-refractivity contribution in [3.8, 4) is 10.8 Å². The quantitative estimate of drug-likeness (QED) is 0.792. The van der Waals surface area contributed by atoms with Crippen LogP contribution in [0.1, 0.15) is 11.3 Å². The van der Waals surface area contributed by atoms with Crippen molar-refractivity contribution in [2.24, 2.45) is 7.05 Å². The van der Waals surface area contributed by atoms with Crippen molar-refractivity contribution in [1.29, 1.82) is 0 Å². The van der Waals surface area contributed by atoms with Crippen LogP contribution in [0.4, 0.5) is 6.01 Å². The van der Waals surface area contributed by atoms with Gasteiger partial charge in [0.05, 0.1) is 17.1 Å². The zero-order chi connectivity index (χ0) is 13.2. The molecule has 19 heavy (non-hydrogen) atoms. The maximum absolute atomic E-state index is 5.59. The summed E-state index contributed by atoms with van der Waals surface area (Å²) in [5.74, 6) is 0.556. The van der Waals surface area contributed by atoms with Crippen LogP contribution in [-0.2, 0) is 13.6 Å². The predicted molar refractivity (Wildman–Crippen MR) is 72.9 cm³/mol. The first-order valence-electron chi connectivity index (χ1n) is 5.83. The summed E-state index contributed by atoms with van der Waals surface area (Å²) in [5.41, 5.74) is 2.19. The number of nitrogens with zero attached hydrogens (tertiary/aromatic N) is 4. The Morgan fingerprint density at radius 3 is 2.95 bits per heavy atom. The summed E-state index contributed by atoms with van der Waals surface area (Å²) in [4.78, 5) is 1.01. The normalized spacial score (nSPS) is 10.8. The van der Waals surface area contributed by atoms with E-state index in [1.807, 2.05) is 31.5 Å². The van der Waals surface area contributed by atoms with Crippen molar-refractivity contribution in [2.45, 2.75) is 13.5 Å².